The molecule has 0 spiro atoms. The van der Waals surface area contributed by atoms with Crippen molar-refractivity contribution in [1.29, 1.82) is 0 Å². The molecule has 1 heterocycles. The van der Waals surface area contributed by atoms with Crippen molar-refractivity contribution in [2.45, 2.75) is 32.7 Å². The first kappa shape index (κ1) is 24.6. The molecule has 0 bridgehead atoms. The summed E-state index contributed by atoms with van der Waals surface area (Å²) < 4.78 is 52.0. The van der Waals surface area contributed by atoms with Crippen LogP contribution in [-0.4, -0.2) is 45.9 Å². The summed E-state index contributed by atoms with van der Waals surface area (Å²) in [4.78, 5) is 27.6. The van der Waals surface area contributed by atoms with Crippen LogP contribution in [-0.2, 0) is 14.3 Å². The third kappa shape index (κ3) is 7.22. The highest BCUT2D eigenvalue weighted by molar-refractivity contribution is 5.85. The molecule has 0 aliphatic rings. The van der Waals surface area contributed by atoms with Crippen molar-refractivity contribution >= 4 is 17.7 Å². The fourth-order valence-electron chi connectivity index (χ4n) is 2.85. The van der Waals surface area contributed by atoms with E-state index in [4.69, 9.17) is 9.47 Å². The largest absolute Gasteiger partial charge is 0.573 e. The molecule has 180 valence electrons. The standard InChI is InChI=1S/C22H21F3N4O5/c1-3-32-19(30)12-14(2)33-21(31)27-16-6-4-15(5-7-16)20-26-13-29(28-20)17-8-10-18(11-9-17)34-22(23,24)25/h4-11,13-14H,3,12H2,1-2H3,(H,27,31). The summed E-state index contributed by atoms with van der Waals surface area (Å²) in [6.07, 6.45) is -4.76. The van der Waals surface area contributed by atoms with Crippen molar-refractivity contribution in [2.75, 3.05) is 11.9 Å². The topological polar surface area (TPSA) is 105 Å². The van der Waals surface area contributed by atoms with Gasteiger partial charge in [-0.25, -0.2) is 14.5 Å². The van der Waals surface area contributed by atoms with E-state index in [2.05, 4.69) is 20.1 Å². The summed E-state index contributed by atoms with van der Waals surface area (Å²) in [5.74, 6) is -0.425. The number of carbonyl (C=O) groups excluding carboxylic acids is 2. The molecule has 1 N–H and O–H groups in total. The summed E-state index contributed by atoms with van der Waals surface area (Å²) in [5.41, 5.74) is 1.59. The number of esters is 1. The molecule has 1 atom stereocenters. The van der Waals surface area contributed by atoms with Crippen LogP contribution in [0.2, 0.25) is 0 Å². The number of nitrogens with zero attached hydrogens (tertiary/aromatic N) is 3. The van der Waals surface area contributed by atoms with Gasteiger partial charge in [0.05, 0.1) is 18.7 Å². The van der Waals surface area contributed by atoms with Gasteiger partial charge >= 0.3 is 18.4 Å². The Morgan fingerprint density at radius 2 is 1.76 bits per heavy atom. The number of benzene rings is 2. The molecule has 1 amide bonds. The van der Waals surface area contributed by atoms with Crippen LogP contribution < -0.4 is 10.1 Å². The number of halogens is 3. The van der Waals surface area contributed by atoms with Crippen molar-refractivity contribution in [2.24, 2.45) is 0 Å². The number of anilines is 1. The molecular weight excluding hydrogens is 457 g/mol. The zero-order valence-electron chi connectivity index (χ0n) is 18.2. The molecule has 34 heavy (non-hydrogen) atoms. The molecule has 3 rings (SSSR count). The van der Waals surface area contributed by atoms with Crippen LogP contribution in [0.15, 0.2) is 54.9 Å². The van der Waals surface area contributed by atoms with Crippen LogP contribution in [0.5, 0.6) is 5.75 Å². The van der Waals surface area contributed by atoms with Crippen LogP contribution in [0.25, 0.3) is 17.1 Å². The molecule has 3 aromatic rings. The SMILES string of the molecule is CCOC(=O)CC(C)OC(=O)Nc1ccc(-c2ncn(-c3ccc(OC(F)(F)F)cc3)n2)cc1. The number of rotatable bonds is 8. The first-order valence-corrected chi connectivity index (χ1v) is 10.1. The molecule has 0 fully saturated rings. The third-order valence-corrected chi connectivity index (χ3v) is 4.28. The Bertz CT molecular complexity index is 1110. The van der Waals surface area contributed by atoms with Gasteiger partial charge in [0.1, 0.15) is 18.2 Å². The number of hydrogen-bond acceptors (Lipinski definition) is 7. The molecule has 1 aromatic heterocycles. The molecular formula is C22H21F3N4O5. The average Bonchev–Trinajstić information content (AvgIpc) is 3.24. The molecule has 0 aliphatic heterocycles. The zero-order chi connectivity index (χ0) is 24.7. The number of ether oxygens (including phenoxy) is 3. The number of amides is 1. The molecule has 0 radical (unpaired) electrons. The van der Waals surface area contributed by atoms with E-state index in [1.54, 1.807) is 38.1 Å². The quantitative estimate of drug-likeness (QED) is 0.467. The van der Waals surface area contributed by atoms with Crippen molar-refractivity contribution < 1.29 is 37.0 Å². The van der Waals surface area contributed by atoms with Crippen LogP contribution in [0, 0.1) is 0 Å². The molecule has 0 saturated carbocycles. The van der Waals surface area contributed by atoms with Crippen molar-refractivity contribution in [1.82, 2.24) is 14.8 Å². The Morgan fingerprint density at radius 1 is 1.09 bits per heavy atom. The molecule has 1 unspecified atom stereocenters. The van der Waals surface area contributed by atoms with Gasteiger partial charge < -0.3 is 14.2 Å². The van der Waals surface area contributed by atoms with Gasteiger partial charge in [-0.1, -0.05) is 0 Å². The van der Waals surface area contributed by atoms with Gasteiger partial charge in [-0.15, -0.1) is 18.3 Å². The maximum Gasteiger partial charge on any atom is 0.573 e. The summed E-state index contributed by atoms with van der Waals surface area (Å²) in [6.45, 7) is 3.52. The van der Waals surface area contributed by atoms with Crippen LogP contribution in [0.3, 0.4) is 0 Å². The second-order valence-electron chi connectivity index (χ2n) is 6.98. The predicted octanol–water partition coefficient (Wildman–Crippen LogP) is 4.72. The van der Waals surface area contributed by atoms with Crippen molar-refractivity contribution in [3.63, 3.8) is 0 Å². The van der Waals surface area contributed by atoms with Gasteiger partial charge in [-0.3, -0.25) is 10.1 Å². The van der Waals surface area contributed by atoms with E-state index in [9.17, 15) is 22.8 Å². The molecule has 9 nitrogen and oxygen atoms in total. The normalized spacial score (nSPS) is 12.0. The second-order valence-corrected chi connectivity index (χ2v) is 6.98. The fourth-order valence-corrected chi connectivity index (χ4v) is 2.85. The van der Waals surface area contributed by atoms with E-state index in [-0.39, 0.29) is 18.8 Å². The Labute approximate surface area is 192 Å². The van der Waals surface area contributed by atoms with Crippen molar-refractivity contribution in [3.8, 4) is 22.8 Å². The van der Waals surface area contributed by atoms with Crippen LogP contribution in [0.1, 0.15) is 20.3 Å². The minimum Gasteiger partial charge on any atom is -0.466 e. The average molecular weight is 478 g/mol. The van der Waals surface area contributed by atoms with Gasteiger partial charge in [0.25, 0.3) is 0 Å². The second kappa shape index (κ2) is 10.7. The highest BCUT2D eigenvalue weighted by Crippen LogP contribution is 2.24. The van der Waals surface area contributed by atoms with E-state index >= 15 is 0 Å². The number of alkyl halides is 3. The first-order valence-electron chi connectivity index (χ1n) is 10.1. The Kier molecular flexibility index (Phi) is 7.71. The summed E-state index contributed by atoms with van der Waals surface area (Å²) in [6, 6.07) is 11.8. The Hall–Kier alpha value is -4.09. The van der Waals surface area contributed by atoms with Gasteiger partial charge in [0.2, 0.25) is 0 Å². The number of nitrogens with one attached hydrogen (secondary N) is 1. The summed E-state index contributed by atoms with van der Waals surface area (Å²) in [5, 5.41) is 6.87. The van der Waals surface area contributed by atoms with Gasteiger partial charge in [-0.2, -0.15) is 0 Å². The lowest BCUT2D eigenvalue weighted by Crippen LogP contribution is -2.23. The molecule has 0 saturated heterocycles. The lowest BCUT2D eigenvalue weighted by atomic mass is 10.2. The number of aromatic nitrogens is 3. The minimum atomic E-state index is -4.76. The Balaban J connectivity index is 1.58. The summed E-state index contributed by atoms with van der Waals surface area (Å²) in [7, 11) is 0. The smallest absolute Gasteiger partial charge is 0.466 e. The maximum absolute atomic E-state index is 12.3. The predicted molar refractivity (Wildman–Crippen MR) is 114 cm³/mol. The molecule has 12 heteroatoms. The van der Waals surface area contributed by atoms with E-state index in [0.717, 1.165) is 0 Å². The fraction of sp³-hybridized carbons (Fsp3) is 0.273. The minimum absolute atomic E-state index is 0.0490. The van der Waals surface area contributed by atoms with Crippen molar-refractivity contribution in [3.05, 3.63) is 54.9 Å². The van der Waals surface area contributed by atoms with E-state index in [0.29, 0.717) is 22.8 Å². The van der Waals surface area contributed by atoms with Gasteiger partial charge in [-0.05, 0) is 62.4 Å². The van der Waals surface area contributed by atoms with E-state index in [1.807, 2.05) is 0 Å². The Morgan fingerprint density at radius 3 is 2.38 bits per heavy atom. The zero-order valence-corrected chi connectivity index (χ0v) is 18.2. The third-order valence-electron chi connectivity index (χ3n) is 4.28. The number of carbonyl (C=O) groups is 2. The highest BCUT2D eigenvalue weighted by Gasteiger charge is 2.31. The number of hydrogen-bond donors (Lipinski definition) is 1. The maximum atomic E-state index is 12.3. The lowest BCUT2D eigenvalue weighted by molar-refractivity contribution is -0.274. The van der Waals surface area contributed by atoms with Gasteiger partial charge in [0, 0.05) is 11.3 Å². The monoisotopic (exact) mass is 478 g/mol. The van der Waals surface area contributed by atoms with E-state index in [1.165, 1.54) is 35.3 Å². The molecule has 2 aromatic carbocycles. The van der Waals surface area contributed by atoms with Crippen LogP contribution >= 0.6 is 0 Å². The highest BCUT2D eigenvalue weighted by atomic mass is 19.4. The first-order chi connectivity index (χ1) is 16.1. The van der Waals surface area contributed by atoms with Crippen LogP contribution in [0.4, 0.5) is 23.7 Å². The molecule has 0 aliphatic carbocycles. The lowest BCUT2D eigenvalue weighted by Gasteiger charge is -2.13. The van der Waals surface area contributed by atoms with E-state index < -0.39 is 24.5 Å². The van der Waals surface area contributed by atoms with Gasteiger partial charge in [0.15, 0.2) is 5.82 Å². The summed E-state index contributed by atoms with van der Waals surface area (Å²) >= 11 is 0.